The number of aryl methyl sites for hydroxylation is 1. The second-order valence-corrected chi connectivity index (χ2v) is 11.2. The van der Waals surface area contributed by atoms with Crippen LogP contribution in [0.4, 0.5) is 0 Å². The Kier molecular flexibility index (Phi) is 5.67. The van der Waals surface area contributed by atoms with Crippen LogP contribution in [0.5, 0.6) is 0 Å². The maximum atomic E-state index is 12.5. The summed E-state index contributed by atoms with van der Waals surface area (Å²) < 4.78 is 30.6. The van der Waals surface area contributed by atoms with Gasteiger partial charge >= 0.3 is 0 Å². The van der Waals surface area contributed by atoms with Gasteiger partial charge in [0.05, 0.1) is 21.7 Å². The molecule has 0 amide bonds. The van der Waals surface area contributed by atoms with Crippen LogP contribution in [-0.2, 0) is 22.3 Å². The SMILES string of the molecule is CCn1c(CSc2nnc(C(C)C)n2C2CC2)nc2cc(S(=O)(=O)N(C)C)ccc21. The summed E-state index contributed by atoms with van der Waals surface area (Å²) in [5.41, 5.74) is 1.64. The van der Waals surface area contributed by atoms with Gasteiger partial charge in [-0.05, 0) is 38.0 Å². The lowest BCUT2D eigenvalue weighted by atomic mass is 10.2. The molecule has 3 aromatic rings. The average Bonchev–Trinajstić information content (AvgIpc) is 3.34. The molecule has 0 saturated heterocycles. The summed E-state index contributed by atoms with van der Waals surface area (Å²) in [6.45, 7) is 7.13. The number of aromatic nitrogens is 5. The lowest BCUT2D eigenvalue weighted by Gasteiger charge is -2.11. The maximum Gasteiger partial charge on any atom is 0.242 e. The van der Waals surface area contributed by atoms with E-state index in [0.29, 0.717) is 23.2 Å². The summed E-state index contributed by atoms with van der Waals surface area (Å²) in [6.07, 6.45) is 2.36. The molecule has 0 bridgehead atoms. The lowest BCUT2D eigenvalue weighted by Crippen LogP contribution is -2.22. The molecule has 0 unspecified atom stereocenters. The molecule has 0 spiro atoms. The second-order valence-electron chi connectivity index (χ2n) is 8.10. The molecule has 2 heterocycles. The Morgan fingerprint density at radius 2 is 1.97 bits per heavy atom. The van der Waals surface area contributed by atoms with Gasteiger partial charge in [-0.3, -0.25) is 0 Å². The predicted octanol–water partition coefficient (Wildman–Crippen LogP) is 3.65. The summed E-state index contributed by atoms with van der Waals surface area (Å²) in [7, 11) is -0.420. The van der Waals surface area contributed by atoms with Crippen molar-refractivity contribution in [1.82, 2.24) is 28.6 Å². The van der Waals surface area contributed by atoms with Crippen LogP contribution in [0.15, 0.2) is 28.3 Å². The van der Waals surface area contributed by atoms with Gasteiger partial charge in [-0.1, -0.05) is 25.6 Å². The molecular formula is C20H28N6O2S2. The highest BCUT2D eigenvalue weighted by molar-refractivity contribution is 7.98. The largest absolute Gasteiger partial charge is 0.328 e. The number of sulfonamides is 1. The Labute approximate surface area is 181 Å². The molecule has 10 heteroatoms. The van der Waals surface area contributed by atoms with E-state index in [9.17, 15) is 8.42 Å². The summed E-state index contributed by atoms with van der Waals surface area (Å²) in [5, 5.41) is 9.80. The molecule has 4 rings (SSSR count). The third-order valence-electron chi connectivity index (χ3n) is 5.34. The van der Waals surface area contributed by atoms with Gasteiger partial charge in [0.15, 0.2) is 5.16 Å². The number of nitrogens with zero attached hydrogens (tertiary/aromatic N) is 6. The van der Waals surface area contributed by atoms with E-state index < -0.39 is 10.0 Å². The Balaban J connectivity index is 1.65. The van der Waals surface area contributed by atoms with Crippen molar-refractivity contribution in [2.75, 3.05) is 14.1 Å². The molecule has 162 valence electrons. The Morgan fingerprint density at radius 1 is 1.23 bits per heavy atom. The first-order valence-corrected chi connectivity index (χ1v) is 12.7. The number of benzene rings is 1. The van der Waals surface area contributed by atoms with Crippen LogP contribution >= 0.6 is 11.8 Å². The van der Waals surface area contributed by atoms with Gasteiger partial charge < -0.3 is 9.13 Å². The van der Waals surface area contributed by atoms with Crippen molar-refractivity contribution < 1.29 is 8.42 Å². The highest BCUT2D eigenvalue weighted by Crippen LogP contribution is 2.40. The lowest BCUT2D eigenvalue weighted by molar-refractivity contribution is 0.521. The molecule has 1 saturated carbocycles. The minimum Gasteiger partial charge on any atom is -0.328 e. The highest BCUT2D eigenvalue weighted by Gasteiger charge is 2.30. The van der Waals surface area contributed by atoms with Gasteiger partial charge in [0.1, 0.15) is 11.6 Å². The first kappa shape index (κ1) is 21.3. The topological polar surface area (TPSA) is 85.9 Å². The number of thioether (sulfide) groups is 1. The van der Waals surface area contributed by atoms with Crippen molar-refractivity contribution in [2.45, 2.75) is 67.9 Å². The molecule has 1 fully saturated rings. The molecular weight excluding hydrogens is 420 g/mol. The molecule has 1 aliphatic rings. The van der Waals surface area contributed by atoms with Gasteiger partial charge in [-0.2, -0.15) is 0 Å². The zero-order valence-corrected chi connectivity index (χ0v) is 19.7. The molecule has 2 aromatic heterocycles. The van der Waals surface area contributed by atoms with E-state index in [1.54, 1.807) is 23.9 Å². The van der Waals surface area contributed by atoms with E-state index >= 15 is 0 Å². The van der Waals surface area contributed by atoms with Crippen molar-refractivity contribution >= 4 is 32.8 Å². The highest BCUT2D eigenvalue weighted by atomic mass is 32.2. The fourth-order valence-electron chi connectivity index (χ4n) is 3.58. The first-order valence-electron chi connectivity index (χ1n) is 10.2. The normalized spacial score (nSPS) is 15.0. The molecule has 0 aliphatic heterocycles. The van der Waals surface area contributed by atoms with Gasteiger partial charge in [-0.25, -0.2) is 17.7 Å². The van der Waals surface area contributed by atoms with Crippen LogP contribution in [0.1, 0.15) is 57.2 Å². The maximum absolute atomic E-state index is 12.5. The summed E-state index contributed by atoms with van der Waals surface area (Å²) >= 11 is 1.65. The van der Waals surface area contributed by atoms with Crippen LogP contribution in [0, 0.1) is 0 Å². The summed E-state index contributed by atoms with van der Waals surface area (Å²) in [4.78, 5) is 5.03. The van der Waals surface area contributed by atoms with E-state index in [1.807, 2.05) is 6.07 Å². The fraction of sp³-hybridized carbons (Fsp3) is 0.550. The van der Waals surface area contributed by atoms with E-state index in [2.05, 4.69) is 40.1 Å². The van der Waals surface area contributed by atoms with E-state index in [0.717, 1.165) is 28.9 Å². The Morgan fingerprint density at radius 3 is 2.57 bits per heavy atom. The molecule has 8 nitrogen and oxygen atoms in total. The van der Waals surface area contributed by atoms with Gasteiger partial charge in [0.2, 0.25) is 10.0 Å². The second kappa shape index (κ2) is 7.97. The first-order chi connectivity index (χ1) is 14.2. The molecule has 30 heavy (non-hydrogen) atoms. The van der Waals surface area contributed by atoms with Crippen molar-refractivity contribution in [2.24, 2.45) is 0 Å². The Hall–Kier alpha value is -1.91. The van der Waals surface area contributed by atoms with Crippen molar-refractivity contribution in [3.05, 3.63) is 29.8 Å². The van der Waals surface area contributed by atoms with Gasteiger partial charge in [0, 0.05) is 32.6 Å². The van der Waals surface area contributed by atoms with Crippen LogP contribution in [0.3, 0.4) is 0 Å². The van der Waals surface area contributed by atoms with Crippen LogP contribution < -0.4 is 0 Å². The van der Waals surface area contributed by atoms with E-state index in [4.69, 9.17) is 4.98 Å². The summed E-state index contributed by atoms with van der Waals surface area (Å²) in [5.74, 6) is 2.95. The van der Waals surface area contributed by atoms with Crippen molar-refractivity contribution in [3.8, 4) is 0 Å². The number of rotatable bonds is 8. The Bertz CT molecular complexity index is 1180. The quantitative estimate of drug-likeness (QED) is 0.489. The van der Waals surface area contributed by atoms with Gasteiger partial charge in [0.25, 0.3) is 0 Å². The number of hydrogen-bond donors (Lipinski definition) is 0. The number of fused-ring (bicyclic) bond motifs is 1. The molecule has 1 aromatic carbocycles. The van der Waals surface area contributed by atoms with Crippen molar-refractivity contribution in [3.63, 3.8) is 0 Å². The molecule has 0 N–H and O–H groups in total. The summed E-state index contributed by atoms with van der Waals surface area (Å²) in [6, 6.07) is 5.68. The van der Waals surface area contributed by atoms with E-state index in [-0.39, 0.29) is 4.90 Å². The zero-order chi connectivity index (χ0) is 21.6. The smallest absolute Gasteiger partial charge is 0.242 e. The van der Waals surface area contributed by atoms with E-state index in [1.165, 1.54) is 31.2 Å². The zero-order valence-electron chi connectivity index (χ0n) is 18.0. The van der Waals surface area contributed by atoms with Crippen LogP contribution in [0.2, 0.25) is 0 Å². The predicted molar refractivity (Wildman–Crippen MR) is 118 cm³/mol. The van der Waals surface area contributed by atoms with Crippen molar-refractivity contribution in [1.29, 1.82) is 0 Å². The number of hydrogen-bond acceptors (Lipinski definition) is 6. The fourth-order valence-corrected chi connectivity index (χ4v) is 5.46. The third-order valence-corrected chi connectivity index (χ3v) is 8.09. The molecule has 0 radical (unpaired) electrons. The molecule has 1 aliphatic carbocycles. The average molecular weight is 449 g/mol. The minimum absolute atomic E-state index is 0.259. The van der Waals surface area contributed by atoms with Crippen LogP contribution in [-0.4, -0.2) is 51.1 Å². The standard InChI is InChI=1S/C20H28N6O2S2/c1-6-25-17-10-9-15(30(27,28)24(4)5)11-16(17)21-18(25)12-29-20-23-22-19(13(2)3)26(20)14-7-8-14/h9-11,13-14H,6-8,12H2,1-5H3. The third kappa shape index (κ3) is 3.76. The minimum atomic E-state index is -3.49. The molecule has 0 atom stereocenters. The number of imidazole rings is 1. The van der Waals surface area contributed by atoms with Gasteiger partial charge in [-0.15, -0.1) is 10.2 Å². The monoisotopic (exact) mass is 448 g/mol. The van der Waals surface area contributed by atoms with Crippen LogP contribution in [0.25, 0.3) is 11.0 Å².